The third kappa shape index (κ3) is 6.01. The first-order chi connectivity index (χ1) is 13.2. The number of ether oxygens (including phenoxy) is 2. The SMILES string of the molecule is C=CCOC(=O)c1ccccc1C(=O)OCCCc1ccccc1SC#N. The fourth-order valence-corrected chi connectivity index (χ4v) is 2.96. The number of thiocyanates is 1. The Morgan fingerprint density at radius 3 is 2.33 bits per heavy atom. The van der Waals surface area contributed by atoms with E-state index in [0.717, 1.165) is 22.2 Å². The van der Waals surface area contributed by atoms with E-state index in [-0.39, 0.29) is 24.3 Å². The first-order valence-corrected chi connectivity index (χ1v) is 9.17. The van der Waals surface area contributed by atoms with E-state index in [4.69, 9.17) is 14.7 Å². The molecule has 0 aliphatic rings. The van der Waals surface area contributed by atoms with Crippen molar-refractivity contribution >= 4 is 23.7 Å². The Labute approximate surface area is 162 Å². The number of thioether (sulfide) groups is 1. The molecule has 0 aromatic heterocycles. The second-order valence-corrected chi connectivity index (χ2v) is 6.30. The third-order valence-electron chi connectivity index (χ3n) is 3.65. The molecule has 0 spiro atoms. The van der Waals surface area contributed by atoms with Crippen LogP contribution in [0.25, 0.3) is 0 Å². The molecule has 138 valence electrons. The van der Waals surface area contributed by atoms with Crippen molar-refractivity contribution in [2.75, 3.05) is 13.2 Å². The molecule has 0 heterocycles. The van der Waals surface area contributed by atoms with Crippen molar-refractivity contribution in [3.05, 3.63) is 77.9 Å². The van der Waals surface area contributed by atoms with Gasteiger partial charge in [-0.2, -0.15) is 5.26 Å². The average molecular weight is 381 g/mol. The van der Waals surface area contributed by atoms with E-state index in [1.807, 2.05) is 24.3 Å². The number of hydrogen-bond donors (Lipinski definition) is 0. The normalized spacial score (nSPS) is 9.89. The minimum Gasteiger partial charge on any atom is -0.462 e. The van der Waals surface area contributed by atoms with Crippen molar-refractivity contribution in [1.82, 2.24) is 0 Å². The van der Waals surface area contributed by atoms with Gasteiger partial charge in [0.25, 0.3) is 0 Å². The van der Waals surface area contributed by atoms with Crippen molar-refractivity contribution in [3.8, 4) is 5.40 Å². The van der Waals surface area contributed by atoms with Gasteiger partial charge in [-0.1, -0.05) is 43.0 Å². The van der Waals surface area contributed by atoms with Crippen molar-refractivity contribution in [3.63, 3.8) is 0 Å². The maximum Gasteiger partial charge on any atom is 0.339 e. The minimum absolute atomic E-state index is 0.0718. The number of rotatable bonds is 9. The zero-order chi connectivity index (χ0) is 19.5. The Morgan fingerprint density at radius 2 is 1.67 bits per heavy atom. The highest BCUT2D eigenvalue weighted by molar-refractivity contribution is 8.03. The van der Waals surface area contributed by atoms with Crippen molar-refractivity contribution in [2.45, 2.75) is 17.7 Å². The van der Waals surface area contributed by atoms with E-state index in [0.29, 0.717) is 12.8 Å². The molecule has 2 aromatic rings. The number of nitrogens with zero attached hydrogens (tertiary/aromatic N) is 1. The lowest BCUT2D eigenvalue weighted by molar-refractivity contribution is 0.0472. The largest absolute Gasteiger partial charge is 0.462 e. The lowest BCUT2D eigenvalue weighted by Crippen LogP contribution is -2.14. The molecule has 0 unspecified atom stereocenters. The summed E-state index contributed by atoms with van der Waals surface area (Å²) < 4.78 is 10.3. The summed E-state index contributed by atoms with van der Waals surface area (Å²) in [6.07, 6.45) is 2.75. The first-order valence-electron chi connectivity index (χ1n) is 8.35. The highest BCUT2D eigenvalue weighted by Crippen LogP contribution is 2.22. The summed E-state index contributed by atoms with van der Waals surface area (Å²) >= 11 is 1.11. The van der Waals surface area contributed by atoms with Gasteiger partial charge in [0.1, 0.15) is 12.0 Å². The monoisotopic (exact) mass is 381 g/mol. The molecule has 0 saturated heterocycles. The second kappa shape index (κ2) is 10.8. The van der Waals surface area contributed by atoms with Crippen molar-refractivity contribution in [2.24, 2.45) is 0 Å². The Hall–Kier alpha value is -3.04. The Balaban J connectivity index is 1.92. The standard InChI is InChI=1S/C21H19NO4S/c1-2-13-25-20(23)17-10-4-5-11-18(17)21(24)26-14-7-9-16-8-3-6-12-19(16)27-15-22/h2-6,8,10-12H,1,7,9,13-14H2. The van der Waals surface area contributed by atoms with Crippen LogP contribution in [0.15, 0.2) is 66.1 Å². The molecule has 0 radical (unpaired) electrons. The first kappa shape index (κ1) is 20.3. The molecule has 0 N–H and O–H groups in total. The summed E-state index contributed by atoms with van der Waals surface area (Å²) in [6, 6.07) is 14.0. The van der Waals surface area contributed by atoms with Crippen LogP contribution in [0, 0.1) is 10.7 Å². The number of esters is 2. The van der Waals surface area contributed by atoms with Crippen LogP contribution >= 0.6 is 11.8 Å². The summed E-state index contributed by atoms with van der Waals surface area (Å²) in [7, 11) is 0. The van der Waals surface area contributed by atoms with E-state index >= 15 is 0 Å². The van der Waals surface area contributed by atoms with Gasteiger partial charge in [-0.05, 0) is 48.4 Å². The predicted octanol–water partition coefficient (Wildman–Crippen LogP) is 4.39. The maximum absolute atomic E-state index is 12.3. The summed E-state index contributed by atoms with van der Waals surface area (Å²) in [4.78, 5) is 25.3. The molecule has 0 aliphatic heterocycles. The number of nitriles is 1. The molecule has 6 heteroatoms. The second-order valence-electron chi connectivity index (χ2n) is 5.47. The van der Waals surface area contributed by atoms with Crippen LogP contribution in [-0.4, -0.2) is 25.2 Å². The van der Waals surface area contributed by atoms with Gasteiger partial charge in [-0.3, -0.25) is 0 Å². The number of carbonyl (C=O) groups is 2. The van der Waals surface area contributed by atoms with E-state index < -0.39 is 11.9 Å². The number of carbonyl (C=O) groups excluding carboxylic acids is 2. The topological polar surface area (TPSA) is 76.4 Å². The summed E-state index contributed by atoms with van der Waals surface area (Å²) in [5.74, 6) is -1.16. The molecule has 2 rings (SSSR count). The molecule has 0 bridgehead atoms. The smallest absolute Gasteiger partial charge is 0.339 e. The molecule has 0 fully saturated rings. The van der Waals surface area contributed by atoms with Gasteiger partial charge < -0.3 is 9.47 Å². The van der Waals surface area contributed by atoms with Crippen LogP contribution in [0.2, 0.25) is 0 Å². The van der Waals surface area contributed by atoms with Crippen LogP contribution in [0.4, 0.5) is 0 Å². The predicted molar refractivity (Wildman–Crippen MR) is 103 cm³/mol. The lowest BCUT2D eigenvalue weighted by atomic mass is 10.1. The van der Waals surface area contributed by atoms with Gasteiger partial charge in [-0.15, -0.1) is 0 Å². The highest BCUT2D eigenvalue weighted by atomic mass is 32.2. The van der Waals surface area contributed by atoms with Gasteiger partial charge >= 0.3 is 11.9 Å². The molecule has 0 aliphatic carbocycles. The molecule has 0 atom stereocenters. The van der Waals surface area contributed by atoms with E-state index in [2.05, 4.69) is 12.0 Å². The van der Waals surface area contributed by atoms with Gasteiger partial charge in [0.05, 0.1) is 17.7 Å². The van der Waals surface area contributed by atoms with Gasteiger partial charge in [0, 0.05) is 4.90 Å². The zero-order valence-corrected chi connectivity index (χ0v) is 15.5. The Morgan fingerprint density at radius 1 is 1.04 bits per heavy atom. The fraction of sp³-hybridized carbons (Fsp3) is 0.190. The molecule has 0 saturated carbocycles. The molecule has 0 amide bonds. The highest BCUT2D eigenvalue weighted by Gasteiger charge is 2.18. The molecule has 2 aromatic carbocycles. The van der Waals surface area contributed by atoms with E-state index in [1.165, 1.54) is 18.2 Å². The number of benzene rings is 2. The van der Waals surface area contributed by atoms with Crippen LogP contribution in [-0.2, 0) is 15.9 Å². The quantitative estimate of drug-likeness (QED) is 0.211. The summed E-state index contributed by atoms with van der Waals surface area (Å²) in [5, 5.41) is 10.9. The lowest BCUT2D eigenvalue weighted by Gasteiger charge is -2.10. The van der Waals surface area contributed by atoms with Gasteiger partial charge in [0.15, 0.2) is 0 Å². The maximum atomic E-state index is 12.3. The van der Waals surface area contributed by atoms with Crippen LogP contribution in [0.5, 0.6) is 0 Å². The number of aryl methyl sites for hydroxylation is 1. The fourth-order valence-electron chi connectivity index (χ4n) is 2.42. The summed E-state index contributed by atoms with van der Waals surface area (Å²) in [5.41, 5.74) is 1.38. The van der Waals surface area contributed by atoms with Gasteiger partial charge in [-0.25, -0.2) is 9.59 Å². The third-order valence-corrected chi connectivity index (χ3v) is 4.36. The molecule has 27 heavy (non-hydrogen) atoms. The number of hydrogen-bond acceptors (Lipinski definition) is 6. The molecular formula is C21H19NO4S. The van der Waals surface area contributed by atoms with Crippen molar-refractivity contribution in [1.29, 1.82) is 5.26 Å². The molecular weight excluding hydrogens is 362 g/mol. The molecule has 5 nitrogen and oxygen atoms in total. The van der Waals surface area contributed by atoms with Crippen LogP contribution < -0.4 is 0 Å². The average Bonchev–Trinajstić information content (AvgIpc) is 2.70. The van der Waals surface area contributed by atoms with Crippen LogP contribution in [0.3, 0.4) is 0 Å². The minimum atomic E-state index is -0.593. The van der Waals surface area contributed by atoms with Gasteiger partial charge in [0.2, 0.25) is 0 Å². The summed E-state index contributed by atoms with van der Waals surface area (Å²) in [6.45, 7) is 3.77. The Kier molecular flexibility index (Phi) is 8.14. The van der Waals surface area contributed by atoms with Crippen LogP contribution in [0.1, 0.15) is 32.7 Å². The zero-order valence-electron chi connectivity index (χ0n) is 14.7. The Bertz CT molecular complexity index is 857. The van der Waals surface area contributed by atoms with E-state index in [9.17, 15) is 9.59 Å². The van der Waals surface area contributed by atoms with Crippen molar-refractivity contribution < 1.29 is 19.1 Å². The van der Waals surface area contributed by atoms with E-state index in [1.54, 1.807) is 12.1 Å².